The number of rotatable bonds is 6. The van der Waals surface area contributed by atoms with Gasteiger partial charge in [-0.05, 0) is 6.42 Å². The van der Waals surface area contributed by atoms with Crippen molar-refractivity contribution in [2.24, 2.45) is 0 Å². The highest BCUT2D eigenvalue weighted by molar-refractivity contribution is 5.76. The highest BCUT2D eigenvalue weighted by atomic mass is 16.3. The molecule has 0 atom stereocenters. The van der Waals surface area contributed by atoms with E-state index in [1.165, 1.54) is 12.8 Å². The molecule has 0 fully saturated rings. The number of hydrogen-bond acceptors (Lipinski definition) is 2. The van der Waals surface area contributed by atoms with Gasteiger partial charge in [-0.2, -0.15) is 0 Å². The molecule has 80 valence electrons. The zero-order valence-electron chi connectivity index (χ0n) is 9.10. The summed E-state index contributed by atoms with van der Waals surface area (Å²) in [5.41, 5.74) is 0. The standard InChI is InChI=1S/C8H17NO2.C2H6/c1-2-3-4-5-6-9-8(11)7-10;1-2/h10H,2-7H2,1H3,(H,9,11);1-2H3. The molecule has 0 heterocycles. The lowest BCUT2D eigenvalue weighted by atomic mass is 10.2. The Morgan fingerprint density at radius 3 is 2.31 bits per heavy atom. The molecule has 0 aromatic heterocycles. The summed E-state index contributed by atoms with van der Waals surface area (Å²) in [6.45, 7) is 6.44. The Bertz CT molecular complexity index is 105. The van der Waals surface area contributed by atoms with Crippen LogP contribution in [0.5, 0.6) is 0 Å². The molecule has 1 amide bonds. The summed E-state index contributed by atoms with van der Waals surface area (Å²) in [6.07, 6.45) is 4.59. The summed E-state index contributed by atoms with van der Waals surface area (Å²) in [6, 6.07) is 0. The van der Waals surface area contributed by atoms with Crippen molar-refractivity contribution >= 4 is 5.91 Å². The first-order valence-corrected chi connectivity index (χ1v) is 5.18. The van der Waals surface area contributed by atoms with Gasteiger partial charge in [-0.1, -0.05) is 40.0 Å². The second-order valence-corrected chi connectivity index (χ2v) is 2.57. The molecule has 0 unspecified atom stereocenters. The molecule has 0 radical (unpaired) electrons. The maximum absolute atomic E-state index is 10.5. The van der Waals surface area contributed by atoms with Crippen LogP contribution in [0.4, 0.5) is 0 Å². The molecule has 0 rings (SSSR count). The number of amides is 1. The Morgan fingerprint density at radius 2 is 1.85 bits per heavy atom. The molecular formula is C10H23NO2. The summed E-state index contributed by atoms with van der Waals surface area (Å²) < 4.78 is 0. The third-order valence-electron chi connectivity index (χ3n) is 1.50. The van der Waals surface area contributed by atoms with E-state index in [1.54, 1.807) is 0 Å². The van der Waals surface area contributed by atoms with E-state index >= 15 is 0 Å². The molecule has 0 aliphatic carbocycles. The van der Waals surface area contributed by atoms with E-state index in [0.717, 1.165) is 12.8 Å². The quantitative estimate of drug-likeness (QED) is 0.625. The molecule has 0 aliphatic rings. The van der Waals surface area contributed by atoms with Gasteiger partial charge in [0.25, 0.3) is 0 Å². The Labute approximate surface area is 81.5 Å². The van der Waals surface area contributed by atoms with Gasteiger partial charge in [0.05, 0.1) is 0 Å². The van der Waals surface area contributed by atoms with E-state index in [-0.39, 0.29) is 5.91 Å². The Hall–Kier alpha value is -0.570. The first kappa shape index (κ1) is 14.9. The van der Waals surface area contributed by atoms with Crippen molar-refractivity contribution in [1.82, 2.24) is 5.32 Å². The minimum atomic E-state index is -0.395. The molecule has 0 saturated heterocycles. The number of aliphatic hydroxyl groups is 1. The third-order valence-corrected chi connectivity index (χ3v) is 1.50. The maximum atomic E-state index is 10.5. The summed E-state index contributed by atoms with van der Waals surface area (Å²) >= 11 is 0. The van der Waals surface area contributed by atoms with E-state index < -0.39 is 6.61 Å². The zero-order valence-corrected chi connectivity index (χ0v) is 9.10. The fraction of sp³-hybridized carbons (Fsp3) is 0.900. The highest BCUT2D eigenvalue weighted by Crippen LogP contribution is 1.96. The van der Waals surface area contributed by atoms with Gasteiger partial charge >= 0.3 is 0 Å². The van der Waals surface area contributed by atoms with Gasteiger partial charge in [0.15, 0.2) is 0 Å². The number of nitrogens with one attached hydrogen (secondary N) is 1. The summed E-state index contributed by atoms with van der Waals surface area (Å²) in [4.78, 5) is 10.5. The summed E-state index contributed by atoms with van der Waals surface area (Å²) in [5.74, 6) is -0.276. The van der Waals surface area contributed by atoms with Crippen molar-refractivity contribution in [3.8, 4) is 0 Å². The molecule has 0 saturated carbocycles. The van der Waals surface area contributed by atoms with Crippen molar-refractivity contribution in [2.45, 2.75) is 46.5 Å². The Balaban J connectivity index is 0. The van der Waals surface area contributed by atoms with Crippen LogP contribution in [0.1, 0.15) is 46.5 Å². The molecule has 2 N–H and O–H groups in total. The lowest BCUT2D eigenvalue weighted by Gasteiger charge is -2.01. The molecule has 0 aliphatic heterocycles. The number of aliphatic hydroxyl groups excluding tert-OH is 1. The molecule has 3 nitrogen and oxygen atoms in total. The van der Waals surface area contributed by atoms with Crippen LogP contribution in [-0.4, -0.2) is 24.2 Å². The largest absolute Gasteiger partial charge is 0.387 e. The summed E-state index contributed by atoms with van der Waals surface area (Å²) in [7, 11) is 0. The minimum absolute atomic E-state index is 0.276. The van der Waals surface area contributed by atoms with E-state index in [9.17, 15) is 4.79 Å². The maximum Gasteiger partial charge on any atom is 0.245 e. The molecule has 0 aromatic carbocycles. The van der Waals surface area contributed by atoms with Gasteiger partial charge in [-0.25, -0.2) is 0 Å². The average Bonchev–Trinajstić information content (AvgIpc) is 2.20. The van der Waals surface area contributed by atoms with Crippen LogP contribution in [0.25, 0.3) is 0 Å². The first-order chi connectivity index (χ1) is 6.31. The number of carbonyl (C=O) groups excluding carboxylic acids is 1. The molecule has 0 bridgehead atoms. The van der Waals surface area contributed by atoms with Crippen LogP contribution in [0.15, 0.2) is 0 Å². The van der Waals surface area contributed by atoms with Crippen LogP contribution < -0.4 is 5.32 Å². The molecule has 3 heteroatoms. The van der Waals surface area contributed by atoms with Gasteiger partial charge in [-0.3, -0.25) is 4.79 Å². The summed E-state index contributed by atoms with van der Waals surface area (Å²) in [5, 5.41) is 10.9. The number of unbranched alkanes of at least 4 members (excludes halogenated alkanes) is 3. The van der Waals surface area contributed by atoms with E-state index in [0.29, 0.717) is 6.54 Å². The van der Waals surface area contributed by atoms with Crippen molar-refractivity contribution in [3.63, 3.8) is 0 Å². The van der Waals surface area contributed by atoms with E-state index in [2.05, 4.69) is 12.2 Å². The number of carbonyl (C=O) groups is 1. The Morgan fingerprint density at radius 1 is 1.23 bits per heavy atom. The lowest BCUT2D eigenvalue weighted by molar-refractivity contribution is -0.123. The predicted octanol–water partition coefficient (Wildman–Crippen LogP) is 1.70. The van der Waals surface area contributed by atoms with Crippen LogP contribution in [-0.2, 0) is 4.79 Å². The molecule has 0 spiro atoms. The van der Waals surface area contributed by atoms with Crippen molar-refractivity contribution in [1.29, 1.82) is 0 Å². The normalized spacial score (nSPS) is 8.62. The van der Waals surface area contributed by atoms with Gasteiger partial charge < -0.3 is 10.4 Å². The fourth-order valence-corrected chi connectivity index (χ4v) is 0.835. The molecular weight excluding hydrogens is 166 g/mol. The third kappa shape index (κ3) is 14.3. The van der Waals surface area contributed by atoms with Crippen molar-refractivity contribution in [3.05, 3.63) is 0 Å². The van der Waals surface area contributed by atoms with Gasteiger partial charge in [0.1, 0.15) is 6.61 Å². The first-order valence-electron chi connectivity index (χ1n) is 5.18. The molecule has 0 aromatic rings. The minimum Gasteiger partial charge on any atom is -0.387 e. The topological polar surface area (TPSA) is 49.3 Å². The van der Waals surface area contributed by atoms with Crippen LogP contribution >= 0.6 is 0 Å². The fourth-order valence-electron chi connectivity index (χ4n) is 0.835. The van der Waals surface area contributed by atoms with E-state index in [1.807, 2.05) is 13.8 Å². The van der Waals surface area contributed by atoms with Crippen molar-refractivity contribution < 1.29 is 9.90 Å². The monoisotopic (exact) mass is 189 g/mol. The SMILES string of the molecule is CC.CCCCCCNC(=O)CO. The van der Waals surface area contributed by atoms with Crippen molar-refractivity contribution in [2.75, 3.05) is 13.2 Å². The smallest absolute Gasteiger partial charge is 0.245 e. The van der Waals surface area contributed by atoms with Gasteiger partial charge in [0.2, 0.25) is 5.91 Å². The van der Waals surface area contributed by atoms with Crippen LogP contribution in [0, 0.1) is 0 Å². The zero-order chi connectivity index (χ0) is 10.5. The van der Waals surface area contributed by atoms with Gasteiger partial charge in [-0.15, -0.1) is 0 Å². The van der Waals surface area contributed by atoms with Crippen LogP contribution in [0.2, 0.25) is 0 Å². The lowest BCUT2D eigenvalue weighted by Crippen LogP contribution is -2.26. The highest BCUT2D eigenvalue weighted by Gasteiger charge is 1.94. The van der Waals surface area contributed by atoms with Crippen LogP contribution in [0.3, 0.4) is 0 Å². The average molecular weight is 189 g/mol. The second-order valence-electron chi connectivity index (χ2n) is 2.57. The second kappa shape index (κ2) is 14.0. The van der Waals surface area contributed by atoms with Gasteiger partial charge in [0, 0.05) is 6.54 Å². The number of hydrogen-bond donors (Lipinski definition) is 2. The van der Waals surface area contributed by atoms with E-state index in [4.69, 9.17) is 5.11 Å². The Kier molecular flexibility index (Phi) is 16.1. The molecule has 13 heavy (non-hydrogen) atoms. The predicted molar refractivity (Wildman–Crippen MR) is 55.6 cm³/mol.